The zero-order chi connectivity index (χ0) is 9.68. The zero-order valence-corrected chi connectivity index (χ0v) is 9.00. The Bertz CT molecular complexity index is 278. The third kappa shape index (κ3) is 2.69. The van der Waals surface area contributed by atoms with E-state index < -0.39 is 0 Å². The monoisotopic (exact) mass is 245 g/mol. The van der Waals surface area contributed by atoms with E-state index in [9.17, 15) is 0 Å². The van der Waals surface area contributed by atoms with Crippen molar-refractivity contribution in [2.45, 2.75) is 6.42 Å². The summed E-state index contributed by atoms with van der Waals surface area (Å²) in [7, 11) is 1.65. The molecule has 2 N–H and O–H groups in total. The van der Waals surface area contributed by atoms with Crippen molar-refractivity contribution in [2.24, 2.45) is 5.90 Å². The van der Waals surface area contributed by atoms with E-state index in [0.717, 1.165) is 22.2 Å². The Morgan fingerprint density at radius 1 is 1.46 bits per heavy atom. The Kier molecular flexibility index (Phi) is 4.21. The normalized spacial score (nSPS) is 10.1. The molecule has 0 saturated carbocycles. The van der Waals surface area contributed by atoms with Gasteiger partial charge in [-0.25, -0.2) is 5.90 Å². The van der Waals surface area contributed by atoms with Crippen molar-refractivity contribution in [1.82, 2.24) is 0 Å². The number of hydrogen-bond acceptors (Lipinski definition) is 3. The predicted octanol–water partition coefficient (Wildman–Crippen LogP) is 1.89. The van der Waals surface area contributed by atoms with Crippen molar-refractivity contribution in [2.75, 3.05) is 13.7 Å². The second-order valence-electron chi connectivity index (χ2n) is 2.54. The van der Waals surface area contributed by atoms with Crippen LogP contribution in [0.2, 0.25) is 0 Å². The van der Waals surface area contributed by atoms with Gasteiger partial charge in [-0.15, -0.1) is 0 Å². The molecule has 1 rings (SSSR count). The van der Waals surface area contributed by atoms with Crippen LogP contribution < -0.4 is 10.6 Å². The topological polar surface area (TPSA) is 44.5 Å². The summed E-state index contributed by atoms with van der Waals surface area (Å²) in [5.74, 6) is 5.82. The largest absolute Gasteiger partial charge is 0.496 e. The Morgan fingerprint density at radius 3 is 2.85 bits per heavy atom. The Morgan fingerprint density at radius 2 is 2.23 bits per heavy atom. The lowest BCUT2D eigenvalue weighted by Gasteiger charge is -2.09. The van der Waals surface area contributed by atoms with Gasteiger partial charge in [0.2, 0.25) is 0 Å². The van der Waals surface area contributed by atoms with Crippen LogP contribution in [0.1, 0.15) is 5.56 Å². The number of halogens is 1. The molecular weight excluding hydrogens is 234 g/mol. The van der Waals surface area contributed by atoms with Gasteiger partial charge in [0, 0.05) is 16.5 Å². The first-order valence-corrected chi connectivity index (χ1v) is 4.72. The van der Waals surface area contributed by atoms with Gasteiger partial charge >= 0.3 is 0 Å². The van der Waals surface area contributed by atoms with Crippen LogP contribution in [0.25, 0.3) is 0 Å². The summed E-state index contributed by atoms with van der Waals surface area (Å²) in [6, 6.07) is 5.81. The summed E-state index contributed by atoms with van der Waals surface area (Å²) in [5, 5.41) is 0. The highest BCUT2D eigenvalue weighted by Crippen LogP contribution is 2.26. The van der Waals surface area contributed by atoms with Crippen LogP contribution in [0.3, 0.4) is 0 Å². The molecular formula is C9H12BrNO2. The SMILES string of the molecule is COc1cccc(Br)c1CCON. The van der Waals surface area contributed by atoms with Crippen molar-refractivity contribution in [3.05, 3.63) is 28.2 Å². The molecule has 0 aromatic heterocycles. The minimum Gasteiger partial charge on any atom is -0.496 e. The average Bonchev–Trinajstić information content (AvgIpc) is 2.15. The summed E-state index contributed by atoms with van der Waals surface area (Å²) < 4.78 is 6.21. The quantitative estimate of drug-likeness (QED) is 0.825. The van der Waals surface area contributed by atoms with E-state index in [4.69, 9.17) is 10.6 Å². The van der Waals surface area contributed by atoms with E-state index in [-0.39, 0.29) is 0 Å². The maximum Gasteiger partial charge on any atom is 0.123 e. The molecule has 0 atom stereocenters. The second-order valence-corrected chi connectivity index (χ2v) is 3.40. The first-order valence-electron chi connectivity index (χ1n) is 3.92. The molecule has 1 aromatic carbocycles. The molecule has 0 aliphatic carbocycles. The maximum atomic E-state index is 5.20. The number of benzene rings is 1. The van der Waals surface area contributed by atoms with Gasteiger partial charge in [0.1, 0.15) is 5.75 Å². The Balaban J connectivity index is 2.87. The minimum atomic E-state index is 0.485. The Hall–Kier alpha value is -0.580. The lowest BCUT2D eigenvalue weighted by atomic mass is 10.1. The van der Waals surface area contributed by atoms with Gasteiger partial charge in [-0.2, -0.15) is 0 Å². The smallest absolute Gasteiger partial charge is 0.123 e. The van der Waals surface area contributed by atoms with Crippen LogP contribution in [0.5, 0.6) is 5.75 Å². The average molecular weight is 246 g/mol. The van der Waals surface area contributed by atoms with E-state index in [1.807, 2.05) is 18.2 Å². The molecule has 0 spiro atoms. The number of nitrogens with two attached hydrogens (primary N) is 1. The third-order valence-electron chi connectivity index (χ3n) is 1.77. The number of hydrogen-bond donors (Lipinski definition) is 1. The van der Waals surface area contributed by atoms with Crippen LogP contribution in [0, 0.1) is 0 Å². The molecule has 72 valence electrons. The molecule has 13 heavy (non-hydrogen) atoms. The number of rotatable bonds is 4. The number of ether oxygens (including phenoxy) is 1. The first kappa shape index (κ1) is 10.5. The first-order chi connectivity index (χ1) is 6.29. The van der Waals surface area contributed by atoms with Crippen LogP contribution >= 0.6 is 15.9 Å². The van der Waals surface area contributed by atoms with Crippen LogP contribution in [-0.4, -0.2) is 13.7 Å². The van der Waals surface area contributed by atoms with Crippen molar-refractivity contribution < 1.29 is 9.57 Å². The van der Waals surface area contributed by atoms with E-state index in [2.05, 4.69) is 20.8 Å². The number of methoxy groups -OCH3 is 1. The summed E-state index contributed by atoms with van der Waals surface area (Å²) in [5.41, 5.74) is 1.08. The highest BCUT2D eigenvalue weighted by molar-refractivity contribution is 9.10. The predicted molar refractivity (Wildman–Crippen MR) is 54.5 cm³/mol. The molecule has 0 radical (unpaired) electrons. The molecule has 0 aliphatic rings. The third-order valence-corrected chi connectivity index (χ3v) is 2.51. The lowest BCUT2D eigenvalue weighted by Crippen LogP contribution is -2.05. The van der Waals surface area contributed by atoms with Crippen LogP contribution in [-0.2, 0) is 11.3 Å². The van der Waals surface area contributed by atoms with E-state index >= 15 is 0 Å². The van der Waals surface area contributed by atoms with Crippen molar-refractivity contribution in [1.29, 1.82) is 0 Å². The Labute approximate surface area is 85.9 Å². The molecule has 0 amide bonds. The molecule has 0 unspecified atom stereocenters. The standard InChI is InChI=1S/C9H12BrNO2/c1-12-9-4-2-3-8(10)7(9)5-6-13-11/h2-4H,5-6,11H2,1H3. The van der Waals surface area contributed by atoms with Gasteiger partial charge in [-0.05, 0) is 12.1 Å². The van der Waals surface area contributed by atoms with Crippen LogP contribution in [0.15, 0.2) is 22.7 Å². The lowest BCUT2D eigenvalue weighted by molar-refractivity contribution is 0.140. The molecule has 0 bridgehead atoms. The van der Waals surface area contributed by atoms with Gasteiger partial charge in [-0.1, -0.05) is 22.0 Å². The van der Waals surface area contributed by atoms with Gasteiger partial charge in [0.25, 0.3) is 0 Å². The van der Waals surface area contributed by atoms with E-state index in [1.54, 1.807) is 7.11 Å². The van der Waals surface area contributed by atoms with Gasteiger partial charge < -0.3 is 9.57 Å². The maximum absolute atomic E-state index is 5.20. The van der Waals surface area contributed by atoms with E-state index in [1.165, 1.54) is 0 Å². The minimum absolute atomic E-state index is 0.485. The summed E-state index contributed by atoms with van der Waals surface area (Å²) in [6.45, 7) is 0.485. The zero-order valence-electron chi connectivity index (χ0n) is 7.42. The van der Waals surface area contributed by atoms with Crippen molar-refractivity contribution in [3.8, 4) is 5.75 Å². The second kappa shape index (κ2) is 5.21. The fourth-order valence-electron chi connectivity index (χ4n) is 1.13. The molecule has 0 aliphatic heterocycles. The highest BCUT2D eigenvalue weighted by Gasteiger charge is 2.05. The van der Waals surface area contributed by atoms with Gasteiger partial charge in [0.05, 0.1) is 13.7 Å². The highest BCUT2D eigenvalue weighted by atomic mass is 79.9. The molecule has 3 nitrogen and oxygen atoms in total. The van der Waals surface area contributed by atoms with E-state index in [0.29, 0.717) is 6.61 Å². The summed E-state index contributed by atoms with van der Waals surface area (Å²) >= 11 is 3.44. The molecule has 0 heterocycles. The summed E-state index contributed by atoms with van der Waals surface area (Å²) in [4.78, 5) is 4.52. The molecule has 4 heteroatoms. The summed E-state index contributed by atoms with van der Waals surface area (Å²) in [6.07, 6.45) is 0.737. The molecule has 0 fully saturated rings. The fourth-order valence-corrected chi connectivity index (χ4v) is 1.68. The fraction of sp³-hybridized carbons (Fsp3) is 0.333. The van der Waals surface area contributed by atoms with Gasteiger partial charge in [-0.3, -0.25) is 0 Å². The molecule has 1 aromatic rings. The van der Waals surface area contributed by atoms with Crippen molar-refractivity contribution in [3.63, 3.8) is 0 Å². The molecule has 0 saturated heterocycles. The van der Waals surface area contributed by atoms with Crippen LogP contribution in [0.4, 0.5) is 0 Å². The van der Waals surface area contributed by atoms with Gasteiger partial charge in [0.15, 0.2) is 0 Å². The van der Waals surface area contributed by atoms with Crippen molar-refractivity contribution >= 4 is 15.9 Å².